The van der Waals surface area contributed by atoms with Crippen LogP contribution >= 0.6 is 0 Å². The molecule has 0 aliphatic heterocycles. The molecule has 2 aromatic heterocycles. The molecule has 0 bridgehead atoms. The first kappa shape index (κ1) is 18.3. The number of aryl methyl sites for hydroxylation is 1. The number of carbonyl (C=O) groups excluding carboxylic acids is 1. The van der Waals surface area contributed by atoms with Crippen molar-refractivity contribution in [3.8, 4) is 17.1 Å². The van der Waals surface area contributed by atoms with Gasteiger partial charge >= 0.3 is 0 Å². The summed E-state index contributed by atoms with van der Waals surface area (Å²) in [4.78, 5) is 24.8. The fraction of sp³-hybridized carbons (Fsp3) is 0.0952. The Kier molecular flexibility index (Phi) is 4.74. The molecule has 0 spiro atoms. The van der Waals surface area contributed by atoms with Crippen LogP contribution in [0.25, 0.3) is 17.1 Å². The molecule has 0 saturated heterocycles. The number of hydrogen-bond acceptors (Lipinski definition) is 5. The molecule has 0 fully saturated rings. The van der Waals surface area contributed by atoms with Gasteiger partial charge in [-0.1, -0.05) is 30.3 Å². The highest BCUT2D eigenvalue weighted by atomic mass is 16.2. The van der Waals surface area contributed by atoms with Crippen molar-refractivity contribution >= 4 is 11.6 Å². The number of nitrogens with one attached hydrogen (secondary N) is 1. The minimum atomic E-state index is -0.416. The zero-order valence-electron chi connectivity index (χ0n) is 15.9. The van der Waals surface area contributed by atoms with Crippen LogP contribution in [0.4, 0.5) is 5.69 Å². The number of para-hydroxylation sites is 1. The summed E-state index contributed by atoms with van der Waals surface area (Å²) in [5.74, 6) is 1.08. The van der Waals surface area contributed by atoms with Crippen molar-refractivity contribution in [3.05, 3.63) is 88.6 Å². The normalized spacial score (nSPS) is 10.7. The molecule has 0 saturated carbocycles. The van der Waals surface area contributed by atoms with Crippen molar-refractivity contribution in [1.82, 2.24) is 24.5 Å². The van der Waals surface area contributed by atoms with E-state index in [1.54, 1.807) is 30.3 Å². The smallest absolute Gasteiger partial charge is 0.276 e. The van der Waals surface area contributed by atoms with Crippen LogP contribution in [0.1, 0.15) is 16.3 Å². The molecule has 2 heterocycles. The Hall–Kier alpha value is -4.07. The maximum atomic E-state index is 12.7. The van der Waals surface area contributed by atoms with E-state index >= 15 is 0 Å². The van der Waals surface area contributed by atoms with Gasteiger partial charge in [0.05, 0.1) is 5.69 Å². The van der Waals surface area contributed by atoms with Gasteiger partial charge in [0.15, 0.2) is 5.82 Å². The number of hydrogen-bond donors (Lipinski definition) is 1. The molecule has 2 aromatic carbocycles. The van der Waals surface area contributed by atoms with Crippen LogP contribution in [0, 0.1) is 6.92 Å². The Morgan fingerprint density at radius 2 is 1.76 bits per heavy atom. The highest BCUT2D eigenvalue weighted by Gasteiger charge is 2.13. The number of benzene rings is 2. The first-order chi connectivity index (χ1) is 14.0. The molecular weight excluding hydrogens is 368 g/mol. The first-order valence-electron chi connectivity index (χ1n) is 8.96. The van der Waals surface area contributed by atoms with Crippen molar-refractivity contribution in [3.63, 3.8) is 0 Å². The van der Waals surface area contributed by atoms with Crippen LogP contribution < -0.4 is 10.9 Å². The Bertz CT molecular complexity index is 1240. The Morgan fingerprint density at radius 3 is 2.48 bits per heavy atom. The van der Waals surface area contributed by atoms with Gasteiger partial charge < -0.3 is 9.88 Å². The molecule has 0 radical (unpaired) electrons. The van der Waals surface area contributed by atoms with Gasteiger partial charge in [0.2, 0.25) is 0 Å². The number of nitrogens with zero attached hydrogens (tertiary/aromatic N) is 5. The lowest BCUT2D eigenvalue weighted by atomic mass is 10.2. The molecule has 0 aliphatic carbocycles. The topological polar surface area (TPSA) is 94.7 Å². The van der Waals surface area contributed by atoms with Crippen molar-refractivity contribution < 1.29 is 4.79 Å². The second kappa shape index (κ2) is 7.51. The molecule has 0 unspecified atom stereocenters. The average Bonchev–Trinajstić information content (AvgIpc) is 3.07. The van der Waals surface area contributed by atoms with E-state index in [-0.39, 0.29) is 11.3 Å². The maximum absolute atomic E-state index is 12.7. The van der Waals surface area contributed by atoms with E-state index < -0.39 is 5.91 Å². The summed E-state index contributed by atoms with van der Waals surface area (Å²) in [6.07, 6.45) is 0. The lowest BCUT2D eigenvalue weighted by Crippen LogP contribution is -2.24. The van der Waals surface area contributed by atoms with Gasteiger partial charge in [-0.25, -0.2) is 0 Å². The van der Waals surface area contributed by atoms with Crippen LogP contribution in [0.15, 0.2) is 71.5 Å². The zero-order valence-corrected chi connectivity index (χ0v) is 15.9. The number of amides is 1. The average molecular weight is 386 g/mol. The Labute approximate surface area is 166 Å². The fourth-order valence-corrected chi connectivity index (χ4v) is 2.88. The van der Waals surface area contributed by atoms with E-state index in [1.807, 2.05) is 42.8 Å². The minimum Gasteiger partial charge on any atom is -0.321 e. The lowest BCUT2D eigenvalue weighted by molar-refractivity contribution is 0.102. The van der Waals surface area contributed by atoms with Crippen LogP contribution in [-0.4, -0.2) is 30.5 Å². The highest BCUT2D eigenvalue weighted by Crippen LogP contribution is 2.21. The largest absolute Gasteiger partial charge is 0.321 e. The predicted octanol–water partition coefficient (Wildman–Crippen LogP) is 2.59. The molecule has 1 N–H and O–H groups in total. The molecule has 0 atom stereocenters. The van der Waals surface area contributed by atoms with Gasteiger partial charge in [-0.3, -0.25) is 9.59 Å². The van der Waals surface area contributed by atoms with Gasteiger partial charge in [0, 0.05) is 24.4 Å². The lowest BCUT2D eigenvalue weighted by Gasteiger charge is -2.09. The quantitative estimate of drug-likeness (QED) is 0.582. The molecule has 4 rings (SSSR count). The Balaban J connectivity index is 1.61. The molecule has 8 nitrogen and oxygen atoms in total. The third-order valence-corrected chi connectivity index (χ3v) is 4.50. The number of anilines is 1. The summed E-state index contributed by atoms with van der Waals surface area (Å²) in [5, 5.41) is 15.3. The van der Waals surface area contributed by atoms with Crippen LogP contribution in [-0.2, 0) is 7.05 Å². The SMILES string of the molecule is Cc1nnc(-c2cccc(NC(=O)c3ccc(=O)n(-c4ccccc4)n3)c2)n1C. The number of aromatic nitrogens is 5. The van der Waals surface area contributed by atoms with E-state index in [0.29, 0.717) is 17.2 Å². The van der Waals surface area contributed by atoms with Gasteiger partial charge in [-0.15, -0.1) is 10.2 Å². The maximum Gasteiger partial charge on any atom is 0.276 e. The summed E-state index contributed by atoms with van der Waals surface area (Å²) in [6, 6.07) is 19.0. The summed E-state index contributed by atoms with van der Waals surface area (Å²) in [5.41, 5.74) is 1.83. The van der Waals surface area contributed by atoms with E-state index in [9.17, 15) is 9.59 Å². The van der Waals surface area contributed by atoms with Crippen molar-refractivity contribution in [2.24, 2.45) is 7.05 Å². The third kappa shape index (κ3) is 3.68. The summed E-state index contributed by atoms with van der Waals surface area (Å²) < 4.78 is 3.08. The third-order valence-electron chi connectivity index (χ3n) is 4.50. The van der Waals surface area contributed by atoms with E-state index in [2.05, 4.69) is 20.6 Å². The van der Waals surface area contributed by atoms with E-state index in [4.69, 9.17) is 0 Å². The van der Waals surface area contributed by atoms with Crippen LogP contribution in [0.3, 0.4) is 0 Å². The standard InChI is InChI=1S/C21H18N6O2/c1-14-23-24-20(26(14)2)15-7-6-8-16(13-15)22-21(29)18-11-12-19(28)27(25-18)17-9-4-3-5-10-17/h3-13H,1-2H3,(H,22,29). The van der Waals surface area contributed by atoms with E-state index in [0.717, 1.165) is 11.4 Å². The van der Waals surface area contributed by atoms with Crippen molar-refractivity contribution in [1.29, 1.82) is 0 Å². The molecule has 8 heteroatoms. The number of rotatable bonds is 4. The second-order valence-electron chi connectivity index (χ2n) is 6.47. The predicted molar refractivity (Wildman–Crippen MR) is 109 cm³/mol. The molecule has 1 amide bonds. The fourth-order valence-electron chi connectivity index (χ4n) is 2.88. The first-order valence-corrected chi connectivity index (χ1v) is 8.96. The summed E-state index contributed by atoms with van der Waals surface area (Å²) in [7, 11) is 1.88. The van der Waals surface area contributed by atoms with E-state index in [1.165, 1.54) is 16.8 Å². The highest BCUT2D eigenvalue weighted by molar-refractivity contribution is 6.03. The molecule has 0 aliphatic rings. The summed E-state index contributed by atoms with van der Waals surface area (Å²) >= 11 is 0. The van der Waals surface area contributed by atoms with Gasteiger partial charge in [0.1, 0.15) is 11.5 Å². The molecule has 144 valence electrons. The molecule has 4 aromatic rings. The van der Waals surface area contributed by atoms with Gasteiger partial charge in [-0.05, 0) is 37.3 Å². The molecular formula is C21H18N6O2. The molecule has 29 heavy (non-hydrogen) atoms. The monoisotopic (exact) mass is 386 g/mol. The second-order valence-corrected chi connectivity index (χ2v) is 6.47. The summed E-state index contributed by atoms with van der Waals surface area (Å²) in [6.45, 7) is 1.87. The number of carbonyl (C=O) groups is 1. The van der Waals surface area contributed by atoms with Crippen LogP contribution in [0.2, 0.25) is 0 Å². The zero-order chi connectivity index (χ0) is 20.4. The van der Waals surface area contributed by atoms with Crippen LogP contribution in [0.5, 0.6) is 0 Å². The minimum absolute atomic E-state index is 0.133. The van der Waals surface area contributed by atoms with Crippen molar-refractivity contribution in [2.45, 2.75) is 6.92 Å². The Morgan fingerprint density at radius 1 is 0.966 bits per heavy atom. The van der Waals surface area contributed by atoms with Gasteiger partial charge in [-0.2, -0.15) is 9.78 Å². The van der Waals surface area contributed by atoms with Gasteiger partial charge in [0.25, 0.3) is 11.5 Å². The van der Waals surface area contributed by atoms with Crippen molar-refractivity contribution in [2.75, 3.05) is 5.32 Å².